The van der Waals surface area contributed by atoms with Crippen molar-refractivity contribution in [2.45, 2.75) is 20.4 Å². The molecular formula is C18H16N6O2S. The van der Waals surface area contributed by atoms with E-state index in [0.717, 1.165) is 15.7 Å². The average Bonchev–Trinajstić information content (AvgIpc) is 3.23. The van der Waals surface area contributed by atoms with Gasteiger partial charge in [0.2, 0.25) is 5.91 Å². The number of thiazole rings is 1. The second-order valence-corrected chi connectivity index (χ2v) is 6.98. The third kappa shape index (κ3) is 3.36. The minimum absolute atomic E-state index is 0.136. The SMILES string of the molecule is CCn1nnc2cc(C(=O)Nc3nc4ccc(NC(C)=O)cc4s3)ccc21. The molecule has 4 rings (SSSR count). The van der Waals surface area contributed by atoms with Gasteiger partial charge in [-0.05, 0) is 43.3 Å². The molecule has 0 saturated heterocycles. The van der Waals surface area contributed by atoms with Gasteiger partial charge in [0.25, 0.3) is 5.91 Å². The molecule has 136 valence electrons. The number of hydrogen-bond donors (Lipinski definition) is 2. The molecule has 2 aromatic heterocycles. The minimum atomic E-state index is -0.260. The molecule has 2 aromatic carbocycles. The largest absolute Gasteiger partial charge is 0.326 e. The Labute approximate surface area is 158 Å². The summed E-state index contributed by atoms with van der Waals surface area (Å²) in [5.74, 6) is -0.396. The maximum atomic E-state index is 12.6. The normalized spacial score (nSPS) is 11.0. The third-order valence-corrected chi connectivity index (χ3v) is 4.94. The first-order valence-corrected chi connectivity index (χ1v) is 9.18. The van der Waals surface area contributed by atoms with Crippen LogP contribution in [-0.4, -0.2) is 31.8 Å². The van der Waals surface area contributed by atoms with Crippen LogP contribution in [0.5, 0.6) is 0 Å². The van der Waals surface area contributed by atoms with E-state index in [2.05, 4.69) is 25.9 Å². The fourth-order valence-corrected chi connectivity index (χ4v) is 3.68. The number of rotatable bonds is 4. The zero-order valence-corrected chi connectivity index (χ0v) is 15.5. The smallest absolute Gasteiger partial charge is 0.257 e. The van der Waals surface area contributed by atoms with Crippen molar-refractivity contribution >= 4 is 55.2 Å². The van der Waals surface area contributed by atoms with Gasteiger partial charge >= 0.3 is 0 Å². The van der Waals surface area contributed by atoms with Gasteiger partial charge in [-0.25, -0.2) is 9.67 Å². The van der Waals surface area contributed by atoms with Crippen LogP contribution in [-0.2, 0) is 11.3 Å². The number of amides is 2. The summed E-state index contributed by atoms with van der Waals surface area (Å²) in [7, 11) is 0. The topological polar surface area (TPSA) is 102 Å². The molecule has 0 saturated carbocycles. The van der Waals surface area contributed by atoms with Gasteiger partial charge in [0.05, 0.1) is 15.7 Å². The molecule has 0 aliphatic carbocycles. The van der Waals surface area contributed by atoms with Crippen LogP contribution in [0.2, 0.25) is 0 Å². The van der Waals surface area contributed by atoms with Gasteiger partial charge in [-0.2, -0.15) is 0 Å². The molecule has 0 aliphatic rings. The van der Waals surface area contributed by atoms with Gasteiger partial charge in [-0.15, -0.1) is 5.10 Å². The molecule has 2 N–H and O–H groups in total. The highest BCUT2D eigenvalue weighted by Gasteiger charge is 2.13. The lowest BCUT2D eigenvalue weighted by Crippen LogP contribution is -2.11. The van der Waals surface area contributed by atoms with Crippen molar-refractivity contribution in [3.8, 4) is 0 Å². The van der Waals surface area contributed by atoms with Gasteiger partial charge in [0.1, 0.15) is 5.52 Å². The van der Waals surface area contributed by atoms with Crippen molar-refractivity contribution in [1.82, 2.24) is 20.0 Å². The highest BCUT2D eigenvalue weighted by Crippen LogP contribution is 2.29. The van der Waals surface area contributed by atoms with E-state index in [-0.39, 0.29) is 11.8 Å². The molecule has 27 heavy (non-hydrogen) atoms. The van der Waals surface area contributed by atoms with Gasteiger partial charge in [0, 0.05) is 24.7 Å². The Morgan fingerprint density at radius 3 is 2.74 bits per heavy atom. The zero-order valence-electron chi connectivity index (χ0n) is 14.7. The Hall–Kier alpha value is -3.33. The summed E-state index contributed by atoms with van der Waals surface area (Å²) >= 11 is 1.35. The lowest BCUT2D eigenvalue weighted by molar-refractivity contribution is -0.114. The molecule has 0 radical (unpaired) electrons. The number of fused-ring (bicyclic) bond motifs is 2. The molecule has 0 atom stereocenters. The van der Waals surface area contributed by atoms with Crippen molar-refractivity contribution < 1.29 is 9.59 Å². The third-order valence-electron chi connectivity index (χ3n) is 4.00. The number of carbonyl (C=O) groups excluding carboxylic acids is 2. The van der Waals surface area contributed by atoms with Crippen molar-refractivity contribution in [2.75, 3.05) is 10.6 Å². The van der Waals surface area contributed by atoms with Crippen LogP contribution in [0.15, 0.2) is 36.4 Å². The number of nitrogens with zero attached hydrogens (tertiary/aromatic N) is 4. The van der Waals surface area contributed by atoms with E-state index in [1.165, 1.54) is 18.3 Å². The molecule has 0 unspecified atom stereocenters. The molecule has 9 heteroatoms. The lowest BCUT2D eigenvalue weighted by Gasteiger charge is -2.02. The maximum Gasteiger partial charge on any atom is 0.257 e. The molecule has 0 spiro atoms. The monoisotopic (exact) mass is 380 g/mol. The Morgan fingerprint density at radius 1 is 1.11 bits per heavy atom. The number of aryl methyl sites for hydroxylation is 1. The highest BCUT2D eigenvalue weighted by atomic mass is 32.1. The van der Waals surface area contributed by atoms with E-state index in [0.29, 0.717) is 28.4 Å². The van der Waals surface area contributed by atoms with Gasteiger partial charge in [0.15, 0.2) is 5.13 Å². The summed E-state index contributed by atoms with van der Waals surface area (Å²) in [6.07, 6.45) is 0. The molecule has 4 aromatic rings. The number of nitrogens with one attached hydrogen (secondary N) is 2. The fraction of sp³-hybridized carbons (Fsp3) is 0.167. The fourth-order valence-electron chi connectivity index (χ4n) is 2.78. The van der Waals surface area contributed by atoms with Gasteiger partial charge < -0.3 is 5.32 Å². The first-order chi connectivity index (χ1) is 13.0. The average molecular weight is 380 g/mol. The van der Waals surface area contributed by atoms with Crippen molar-refractivity contribution in [3.63, 3.8) is 0 Å². The Morgan fingerprint density at radius 2 is 1.96 bits per heavy atom. The Bertz CT molecular complexity index is 1180. The van der Waals surface area contributed by atoms with E-state index in [4.69, 9.17) is 0 Å². The van der Waals surface area contributed by atoms with Crippen molar-refractivity contribution in [3.05, 3.63) is 42.0 Å². The minimum Gasteiger partial charge on any atom is -0.326 e. The van der Waals surface area contributed by atoms with Crippen LogP contribution in [0.4, 0.5) is 10.8 Å². The molecule has 2 amide bonds. The zero-order chi connectivity index (χ0) is 19.0. The number of benzene rings is 2. The van der Waals surface area contributed by atoms with E-state index < -0.39 is 0 Å². The standard InChI is InChI=1S/C18H16N6O2S/c1-3-24-15-7-4-11(8-14(15)22-23-24)17(26)21-18-20-13-6-5-12(19-10(2)25)9-16(13)27-18/h4-9H,3H2,1-2H3,(H,19,25)(H,20,21,26). The van der Waals surface area contributed by atoms with E-state index in [1.807, 2.05) is 25.1 Å². The maximum absolute atomic E-state index is 12.6. The molecule has 8 nitrogen and oxygen atoms in total. The molecule has 0 bridgehead atoms. The second kappa shape index (κ2) is 6.76. The highest BCUT2D eigenvalue weighted by molar-refractivity contribution is 7.22. The molecule has 0 aliphatic heterocycles. The number of hydrogen-bond acceptors (Lipinski definition) is 6. The van der Waals surface area contributed by atoms with Crippen LogP contribution in [0.1, 0.15) is 24.2 Å². The summed E-state index contributed by atoms with van der Waals surface area (Å²) in [6.45, 7) is 4.16. The van der Waals surface area contributed by atoms with Crippen LogP contribution in [0.25, 0.3) is 21.3 Å². The summed E-state index contributed by atoms with van der Waals surface area (Å²) in [5.41, 5.74) is 3.50. The molecule has 2 heterocycles. The number of aromatic nitrogens is 4. The quantitative estimate of drug-likeness (QED) is 0.566. The summed E-state index contributed by atoms with van der Waals surface area (Å²) in [4.78, 5) is 28.2. The van der Waals surface area contributed by atoms with E-state index >= 15 is 0 Å². The summed E-state index contributed by atoms with van der Waals surface area (Å²) in [5, 5.41) is 14.2. The van der Waals surface area contributed by atoms with Gasteiger partial charge in [-0.3, -0.25) is 14.9 Å². The van der Waals surface area contributed by atoms with Crippen molar-refractivity contribution in [1.29, 1.82) is 0 Å². The predicted molar refractivity (Wildman–Crippen MR) is 105 cm³/mol. The van der Waals surface area contributed by atoms with Crippen LogP contribution < -0.4 is 10.6 Å². The van der Waals surface area contributed by atoms with E-state index in [9.17, 15) is 9.59 Å². The Balaban J connectivity index is 1.57. The number of carbonyl (C=O) groups is 2. The second-order valence-electron chi connectivity index (χ2n) is 5.95. The van der Waals surface area contributed by atoms with Gasteiger partial charge in [-0.1, -0.05) is 16.6 Å². The first kappa shape index (κ1) is 17.1. The van der Waals surface area contributed by atoms with Crippen LogP contribution in [0, 0.1) is 0 Å². The predicted octanol–water partition coefficient (Wildman–Crippen LogP) is 3.27. The van der Waals surface area contributed by atoms with E-state index in [1.54, 1.807) is 22.9 Å². The lowest BCUT2D eigenvalue weighted by atomic mass is 10.2. The first-order valence-electron chi connectivity index (χ1n) is 8.36. The summed E-state index contributed by atoms with van der Waals surface area (Å²) < 4.78 is 2.65. The van der Waals surface area contributed by atoms with Crippen LogP contribution >= 0.6 is 11.3 Å². The number of anilines is 2. The molecular weight excluding hydrogens is 364 g/mol. The van der Waals surface area contributed by atoms with Crippen LogP contribution in [0.3, 0.4) is 0 Å². The summed E-state index contributed by atoms with van der Waals surface area (Å²) in [6, 6.07) is 10.7. The van der Waals surface area contributed by atoms with Crippen molar-refractivity contribution in [2.24, 2.45) is 0 Å². The molecule has 0 fully saturated rings. The Kier molecular flexibility index (Phi) is 4.28.